The van der Waals surface area contributed by atoms with Gasteiger partial charge in [-0.3, -0.25) is 9.59 Å². The maximum atomic E-state index is 14.0. The minimum atomic E-state index is -0.601. The largest absolute Gasteiger partial charge is 0.460 e. The van der Waals surface area contributed by atoms with Gasteiger partial charge < -0.3 is 14.4 Å². The van der Waals surface area contributed by atoms with Crippen LogP contribution in [0.15, 0.2) is 30.3 Å². The Kier molecular flexibility index (Phi) is 7.23. The summed E-state index contributed by atoms with van der Waals surface area (Å²) in [6, 6.07) is 8.26. The fraction of sp³-hybridized carbons (Fsp3) is 0.655. The number of nitrogens with zero attached hydrogens (tertiary/aromatic N) is 1. The van der Waals surface area contributed by atoms with E-state index in [0.717, 1.165) is 75.7 Å². The van der Waals surface area contributed by atoms with Crippen molar-refractivity contribution in [2.75, 3.05) is 19.6 Å². The van der Waals surface area contributed by atoms with Gasteiger partial charge in [-0.1, -0.05) is 56.2 Å². The summed E-state index contributed by atoms with van der Waals surface area (Å²) in [5.74, 6) is -0.0293. The molecule has 2 unspecified atom stereocenters. The Labute approximate surface area is 204 Å². The Morgan fingerprint density at radius 2 is 1.79 bits per heavy atom. The zero-order valence-corrected chi connectivity index (χ0v) is 21.4. The van der Waals surface area contributed by atoms with Crippen LogP contribution in [0.2, 0.25) is 0 Å². The zero-order valence-electron chi connectivity index (χ0n) is 21.4. The molecule has 5 rings (SSSR count). The number of hydrogen-bond acceptors (Lipinski definition) is 5. The fourth-order valence-electron chi connectivity index (χ4n) is 6.03. The Balaban J connectivity index is 1.55. The smallest absolute Gasteiger partial charge is 0.317 e. The third kappa shape index (κ3) is 5.40. The van der Waals surface area contributed by atoms with Crippen molar-refractivity contribution in [3.05, 3.63) is 41.5 Å². The van der Waals surface area contributed by atoms with Gasteiger partial charge in [0.1, 0.15) is 11.2 Å². The molecule has 1 aromatic rings. The maximum Gasteiger partial charge on any atom is 0.317 e. The molecule has 2 atom stereocenters. The molecule has 0 aromatic heterocycles. The van der Waals surface area contributed by atoms with Crippen LogP contribution >= 0.6 is 0 Å². The quantitative estimate of drug-likeness (QED) is 0.505. The van der Waals surface area contributed by atoms with Gasteiger partial charge in [0.05, 0.1) is 11.8 Å². The van der Waals surface area contributed by atoms with Crippen LogP contribution in [0.3, 0.4) is 0 Å². The SMILES string of the molecule is CC1CCCCC1(C(=O)OC12CCN(CC1)CC2)c1cccc(/C=C/CC(=O)OC(C)(C)C)c1. The summed E-state index contributed by atoms with van der Waals surface area (Å²) in [5, 5.41) is 0. The maximum absolute atomic E-state index is 14.0. The Morgan fingerprint density at radius 3 is 2.44 bits per heavy atom. The molecule has 4 aliphatic rings. The van der Waals surface area contributed by atoms with Gasteiger partial charge in [-0.2, -0.15) is 0 Å². The fourth-order valence-corrected chi connectivity index (χ4v) is 6.03. The molecule has 1 saturated carbocycles. The number of hydrogen-bond donors (Lipinski definition) is 0. The Hall–Kier alpha value is -2.14. The number of rotatable bonds is 6. The number of ether oxygens (including phenoxy) is 2. The van der Waals surface area contributed by atoms with Gasteiger partial charge in [-0.15, -0.1) is 0 Å². The molecule has 3 saturated heterocycles. The first-order chi connectivity index (χ1) is 16.1. The molecule has 4 fully saturated rings. The molecule has 3 aliphatic heterocycles. The van der Waals surface area contributed by atoms with E-state index in [0.29, 0.717) is 0 Å². The van der Waals surface area contributed by atoms with Crippen LogP contribution in [0.25, 0.3) is 6.08 Å². The lowest BCUT2D eigenvalue weighted by Gasteiger charge is -2.50. The molecule has 5 nitrogen and oxygen atoms in total. The van der Waals surface area contributed by atoms with Crippen LogP contribution in [-0.4, -0.2) is 47.7 Å². The van der Waals surface area contributed by atoms with Gasteiger partial charge in [-0.05, 0) is 50.7 Å². The van der Waals surface area contributed by atoms with Gasteiger partial charge in [0.2, 0.25) is 0 Å². The van der Waals surface area contributed by atoms with Crippen molar-refractivity contribution in [2.45, 2.75) is 95.7 Å². The number of piperidine rings is 3. The highest BCUT2D eigenvalue weighted by atomic mass is 16.6. The lowest BCUT2D eigenvalue weighted by Crippen LogP contribution is -2.57. The van der Waals surface area contributed by atoms with Crippen LogP contribution in [0.4, 0.5) is 0 Å². The van der Waals surface area contributed by atoms with Gasteiger partial charge in [-0.25, -0.2) is 0 Å². The molecule has 3 heterocycles. The Bertz CT molecular complexity index is 909. The van der Waals surface area contributed by atoms with E-state index in [4.69, 9.17) is 9.47 Å². The molecular formula is C29H41NO4. The highest BCUT2D eigenvalue weighted by Crippen LogP contribution is 2.47. The van der Waals surface area contributed by atoms with E-state index in [9.17, 15) is 9.59 Å². The first-order valence-electron chi connectivity index (χ1n) is 13.1. The number of benzene rings is 1. The molecule has 0 spiro atoms. The summed E-state index contributed by atoms with van der Waals surface area (Å²) in [5.41, 5.74) is 0.685. The van der Waals surface area contributed by atoms with Gasteiger partial charge in [0.15, 0.2) is 0 Å². The second kappa shape index (κ2) is 9.85. The standard InChI is InChI=1S/C29H41NO4/c1-22-9-5-6-14-29(22,26(32)34-28-15-18-30(19-16-28)20-17-28)24-12-7-10-23(21-24)11-8-13-25(31)33-27(2,3)4/h7-8,10-12,21-22H,5-6,9,13-20H2,1-4H3/b11-8+. The molecule has 0 amide bonds. The van der Waals surface area contributed by atoms with Crippen molar-refractivity contribution in [3.63, 3.8) is 0 Å². The van der Waals surface area contributed by atoms with Crippen molar-refractivity contribution in [1.29, 1.82) is 0 Å². The van der Waals surface area contributed by atoms with Crippen molar-refractivity contribution >= 4 is 18.0 Å². The van der Waals surface area contributed by atoms with E-state index in [-0.39, 0.29) is 29.9 Å². The second-order valence-electron chi connectivity index (χ2n) is 11.6. The molecule has 0 radical (unpaired) electrons. The predicted octanol–water partition coefficient (Wildman–Crippen LogP) is 5.66. The molecule has 186 valence electrons. The molecule has 2 bridgehead atoms. The monoisotopic (exact) mass is 467 g/mol. The summed E-state index contributed by atoms with van der Waals surface area (Å²) in [6.45, 7) is 10.9. The molecule has 5 heteroatoms. The van der Waals surface area contributed by atoms with Crippen LogP contribution in [0, 0.1) is 5.92 Å². The van der Waals surface area contributed by atoms with Crippen molar-refractivity contribution in [1.82, 2.24) is 4.90 Å². The van der Waals surface area contributed by atoms with E-state index < -0.39 is 11.0 Å². The third-order valence-corrected chi connectivity index (χ3v) is 8.04. The average molecular weight is 468 g/mol. The average Bonchev–Trinajstić information content (AvgIpc) is 2.79. The van der Waals surface area contributed by atoms with Crippen LogP contribution in [0.5, 0.6) is 0 Å². The summed E-state index contributed by atoms with van der Waals surface area (Å²) < 4.78 is 11.9. The van der Waals surface area contributed by atoms with Gasteiger partial charge in [0.25, 0.3) is 0 Å². The van der Waals surface area contributed by atoms with E-state index >= 15 is 0 Å². The number of carbonyl (C=O) groups is 2. The lowest BCUT2D eigenvalue weighted by molar-refractivity contribution is -0.183. The van der Waals surface area contributed by atoms with Crippen LogP contribution in [0.1, 0.15) is 90.2 Å². The lowest BCUT2D eigenvalue weighted by atomic mass is 9.63. The summed E-state index contributed by atoms with van der Waals surface area (Å²) in [4.78, 5) is 28.5. The minimum absolute atomic E-state index is 0.0232. The van der Waals surface area contributed by atoms with Crippen molar-refractivity contribution in [3.8, 4) is 0 Å². The minimum Gasteiger partial charge on any atom is -0.460 e. The van der Waals surface area contributed by atoms with Crippen molar-refractivity contribution in [2.24, 2.45) is 5.92 Å². The summed E-state index contributed by atoms with van der Waals surface area (Å²) in [7, 11) is 0. The number of esters is 2. The molecule has 34 heavy (non-hydrogen) atoms. The molecule has 1 aromatic carbocycles. The first kappa shape index (κ1) is 25.0. The predicted molar refractivity (Wildman–Crippen MR) is 134 cm³/mol. The van der Waals surface area contributed by atoms with E-state index in [2.05, 4.69) is 24.0 Å². The van der Waals surface area contributed by atoms with E-state index in [1.807, 2.05) is 45.1 Å². The third-order valence-electron chi connectivity index (χ3n) is 8.04. The molecule has 0 N–H and O–H groups in total. The molecular weight excluding hydrogens is 426 g/mol. The number of fused-ring (bicyclic) bond motifs is 3. The zero-order chi connectivity index (χ0) is 24.4. The highest BCUT2D eigenvalue weighted by Gasteiger charge is 2.51. The van der Waals surface area contributed by atoms with Gasteiger partial charge in [0, 0.05) is 38.9 Å². The summed E-state index contributed by atoms with van der Waals surface area (Å²) >= 11 is 0. The van der Waals surface area contributed by atoms with Crippen LogP contribution in [-0.2, 0) is 24.5 Å². The number of carbonyl (C=O) groups excluding carboxylic acids is 2. The normalized spacial score (nSPS) is 31.4. The van der Waals surface area contributed by atoms with E-state index in [1.165, 1.54) is 0 Å². The van der Waals surface area contributed by atoms with Crippen LogP contribution < -0.4 is 0 Å². The highest BCUT2D eigenvalue weighted by molar-refractivity contribution is 5.84. The molecule has 1 aliphatic carbocycles. The second-order valence-corrected chi connectivity index (χ2v) is 11.6. The van der Waals surface area contributed by atoms with Crippen molar-refractivity contribution < 1.29 is 19.1 Å². The Morgan fingerprint density at radius 1 is 1.09 bits per heavy atom. The van der Waals surface area contributed by atoms with Gasteiger partial charge >= 0.3 is 11.9 Å². The topological polar surface area (TPSA) is 55.8 Å². The summed E-state index contributed by atoms with van der Waals surface area (Å²) in [6.07, 6.45) is 11.0. The van der Waals surface area contributed by atoms with E-state index in [1.54, 1.807) is 0 Å². The first-order valence-corrected chi connectivity index (χ1v) is 13.1.